The molecular formula is C33H45FN2O11. The number of alkyl halides is 1. The fourth-order valence-corrected chi connectivity index (χ4v) is 8.92. The van der Waals surface area contributed by atoms with Crippen molar-refractivity contribution in [2.75, 3.05) is 19.8 Å². The molecule has 3 saturated carbocycles. The molecule has 4 aliphatic rings. The van der Waals surface area contributed by atoms with Gasteiger partial charge in [-0.15, -0.1) is 10.1 Å². The number of ketones is 2. The number of aliphatic hydroxyl groups is 1. The molecule has 0 aromatic carbocycles. The number of hydrogen-bond acceptors (Lipinski definition) is 11. The van der Waals surface area contributed by atoms with Gasteiger partial charge in [0.1, 0.15) is 6.54 Å². The summed E-state index contributed by atoms with van der Waals surface area (Å²) in [7, 11) is 0. The topological polar surface area (TPSA) is 188 Å². The smallest absolute Gasteiger partial charge is 0.325 e. The van der Waals surface area contributed by atoms with Gasteiger partial charge in [-0.3, -0.25) is 24.0 Å². The molecule has 0 aromatic heterocycles. The molecule has 0 spiro atoms. The Kier molecular flexibility index (Phi) is 10.6. The van der Waals surface area contributed by atoms with E-state index in [4.69, 9.17) is 9.47 Å². The van der Waals surface area contributed by atoms with Crippen LogP contribution in [0.5, 0.6) is 0 Å². The molecular weight excluding hydrogens is 619 g/mol. The van der Waals surface area contributed by atoms with Crippen LogP contribution in [0.4, 0.5) is 4.39 Å². The molecule has 0 unspecified atom stereocenters. The highest BCUT2D eigenvalue weighted by Crippen LogP contribution is 2.71. The van der Waals surface area contributed by atoms with E-state index in [1.54, 1.807) is 33.8 Å². The van der Waals surface area contributed by atoms with Crippen molar-refractivity contribution in [2.24, 2.45) is 28.6 Å². The van der Waals surface area contributed by atoms with Gasteiger partial charge in [-0.05, 0) is 63.5 Å². The van der Waals surface area contributed by atoms with Crippen LogP contribution in [-0.4, -0.2) is 76.7 Å². The number of esters is 2. The van der Waals surface area contributed by atoms with Crippen LogP contribution < -0.4 is 5.32 Å². The maximum Gasteiger partial charge on any atom is 0.325 e. The van der Waals surface area contributed by atoms with E-state index >= 15 is 4.39 Å². The zero-order chi connectivity index (χ0) is 34.8. The van der Waals surface area contributed by atoms with Crippen LogP contribution in [0.25, 0.3) is 0 Å². The molecule has 0 bridgehead atoms. The summed E-state index contributed by atoms with van der Waals surface area (Å²) < 4.78 is 28.8. The van der Waals surface area contributed by atoms with Crippen LogP contribution in [0.1, 0.15) is 85.5 Å². The minimum Gasteiger partial charge on any atom is -0.456 e. The third-order valence-electron chi connectivity index (χ3n) is 11.2. The first kappa shape index (κ1) is 36.2. The number of carbonyl (C=O) groups excluding carboxylic acids is 5. The second-order valence-electron chi connectivity index (χ2n) is 13.7. The maximum atomic E-state index is 17.6. The van der Waals surface area contributed by atoms with Gasteiger partial charge in [0.25, 0.3) is 5.09 Å². The molecule has 260 valence electrons. The number of halogens is 1. The minimum absolute atomic E-state index is 0.0405. The number of hydrogen-bond donors (Lipinski definition) is 2. The van der Waals surface area contributed by atoms with Crippen LogP contribution in [0.3, 0.4) is 0 Å². The first-order valence-electron chi connectivity index (χ1n) is 16.3. The molecule has 0 aliphatic heterocycles. The average molecular weight is 665 g/mol. The van der Waals surface area contributed by atoms with Gasteiger partial charge >= 0.3 is 11.9 Å². The number of allylic oxidation sites excluding steroid dienone is 4. The first-order chi connectivity index (χ1) is 22.1. The number of Topliss-reactive ketones (excluding diaryl/α,β-unsaturated/α-hetero) is 1. The summed E-state index contributed by atoms with van der Waals surface area (Å²) in [6.07, 6.45) is 4.99. The van der Waals surface area contributed by atoms with Gasteiger partial charge in [-0.25, -0.2) is 4.39 Å². The van der Waals surface area contributed by atoms with Crippen molar-refractivity contribution in [3.8, 4) is 0 Å². The summed E-state index contributed by atoms with van der Waals surface area (Å²) in [5, 5.41) is 23.4. The lowest BCUT2D eigenvalue weighted by Gasteiger charge is -2.62. The Morgan fingerprint density at radius 2 is 1.87 bits per heavy atom. The fourth-order valence-electron chi connectivity index (χ4n) is 8.92. The van der Waals surface area contributed by atoms with Crippen LogP contribution in [0, 0.1) is 38.7 Å². The molecule has 3 fully saturated rings. The number of unbranched alkanes of at least 4 members (excludes halogenated alkanes) is 2. The van der Waals surface area contributed by atoms with E-state index in [1.165, 1.54) is 12.2 Å². The fraction of sp³-hybridized carbons (Fsp3) is 0.727. The van der Waals surface area contributed by atoms with Gasteiger partial charge in [0, 0.05) is 35.5 Å². The number of carbonyl (C=O) groups is 5. The summed E-state index contributed by atoms with van der Waals surface area (Å²) in [5.41, 5.74) is -5.76. The van der Waals surface area contributed by atoms with Crippen molar-refractivity contribution in [1.82, 2.24) is 5.32 Å². The predicted octanol–water partition coefficient (Wildman–Crippen LogP) is 3.29. The molecule has 1 amide bonds. The molecule has 0 aromatic rings. The molecule has 0 heterocycles. The van der Waals surface area contributed by atoms with Crippen molar-refractivity contribution in [2.45, 2.75) is 103 Å². The van der Waals surface area contributed by atoms with Gasteiger partial charge in [0.2, 0.25) is 11.7 Å². The summed E-state index contributed by atoms with van der Waals surface area (Å²) in [5.74, 6) is -4.70. The second-order valence-corrected chi connectivity index (χ2v) is 13.7. The summed E-state index contributed by atoms with van der Waals surface area (Å²) >= 11 is 0. The molecule has 0 radical (unpaired) electrons. The third-order valence-corrected chi connectivity index (χ3v) is 11.2. The lowest BCUT2D eigenvalue weighted by molar-refractivity contribution is -0.757. The lowest BCUT2D eigenvalue weighted by Crippen LogP contribution is -2.70. The van der Waals surface area contributed by atoms with Gasteiger partial charge in [-0.2, -0.15) is 0 Å². The number of nitrogens with one attached hydrogen (secondary N) is 1. The van der Waals surface area contributed by atoms with Crippen molar-refractivity contribution in [3.63, 3.8) is 0 Å². The zero-order valence-electron chi connectivity index (χ0n) is 27.4. The third kappa shape index (κ3) is 6.32. The van der Waals surface area contributed by atoms with Crippen LogP contribution >= 0.6 is 0 Å². The second kappa shape index (κ2) is 13.8. The van der Waals surface area contributed by atoms with Gasteiger partial charge in [0.05, 0.1) is 12.7 Å². The molecule has 13 nitrogen and oxygen atoms in total. The summed E-state index contributed by atoms with van der Waals surface area (Å²) in [4.78, 5) is 78.2. The quantitative estimate of drug-likeness (QED) is 0.120. The average Bonchev–Trinajstić information content (AvgIpc) is 3.23. The number of amides is 1. The standard InChI is InChI=1S/C33H45FN2O11/c1-5-28(41)47-33(26(39)19-45-29(42)18-35-27(40)9-7-6-8-14-46-36(43)44)20(2)15-24-23-11-10-21-16-22(37)12-13-30(21,3)32(23,34)25(38)17-31(24,33)4/h12-13,16,20,23-25,38H,5-11,14-15,17-19H2,1-4H3,(H,35,40)/t20-,23-,24-,25-,30-,31-,32-,33-/m0/s1. The van der Waals surface area contributed by atoms with Gasteiger partial charge in [0.15, 0.2) is 23.7 Å². The minimum atomic E-state index is -2.14. The highest BCUT2D eigenvalue weighted by Gasteiger charge is 2.77. The summed E-state index contributed by atoms with van der Waals surface area (Å²) in [6.45, 7) is 5.42. The SMILES string of the molecule is CCC(=O)O[C@]1(C(=O)COC(=O)CNC(=O)CCCCCO[N+](=O)[O-])[C@@H](C)C[C@H]2[C@@H]3CCC4=CC(=O)C=C[C@]4(C)[C@@]3(F)[C@@H](O)C[C@@]21C. The largest absolute Gasteiger partial charge is 0.456 e. The van der Waals surface area contributed by atoms with Crippen LogP contribution in [-0.2, 0) is 38.3 Å². The van der Waals surface area contributed by atoms with E-state index in [-0.39, 0.29) is 31.7 Å². The highest BCUT2D eigenvalue weighted by molar-refractivity contribution is 6.01. The Hall–Kier alpha value is -3.68. The lowest BCUT2D eigenvalue weighted by atomic mass is 9.44. The summed E-state index contributed by atoms with van der Waals surface area (Å²) in [6, 6.07) is 0. The Labute approximate surface area is 272 Å². The number of fused-ring (bicyclic) bond motifs is 5. The molecule has 2 N–H and O–H groups in total. The van der Waals surface area contributed by atoms with E-state index in [1.807, 2.05) is 0 Å². The number of rotatable bonds is 14. The molecule has 4 aliphatic carbocycles. The maximum absolute atomic E-state index is 17.6. The van der Waals surface area contributed by atoms with Crippen LogP contribution in [0.15, 0.2) is 23.8 Å². The van der Waals surface area contributed by atoms with E-state index in [0.29, 0.717) is 44.1 Å². The van der Waals surface area contributed by atoms with E-state index in [9.17, 15) is 39.2 Å². The Balaban J connectivity index is 1.47. The molecule has 0 saturated heterocycles. The predicted molar refractivity (Wildman–Crippen MR) is 162 cm³/mol. The highest BCUT2D eigenvalue weighted by atomic mass is 19.1. The Bertz CT molecular complexity index is 1370. The Morgan fingerprint density at radius 1 is 1.15 bits per heavy atom. The van der Waals surface area contributed by atoms with E-state index in [2.05, 4.69) is 10.2 Å². The Morgan fingerprint density at radius 3 is 2.55 bits per heavy atom. The van der Waals surface area contributed by atoms with E-state index in [0.717, 1.165) is 0 Å². The van der Waals surface area contributed by atoms with Gasteiger partial charge < -0.3 is 24.7 Å². The molecule has 47 heavy (non-hydrogen) atoms. The normalized spacial score (nSPS) is 35.4. The zero-order valence-corrected chi connectivity index (χ0v) is 27.4. The van der Waals surface area contributed by atoms with Crippen molar-refractivity contribution >= 4 is 29.4 Å². The van der Waals surface area contributed by atoms with Crippen LogP contribution in [0.2, 0.25) is 0 Å². The van der Waals surface area contributed by atoms with Gasteiger partial charge in [-0.1, -0.05) is 38.8 Å². The van der Waals surface area contributed by atoms with Crippen molar-refractivity contribution < 1.29 is 52.9 Å². The first-order valence-corrected chi connectivity index (χ1v) is 16.3. The number of ether oxygens (including phenoxy) is 2. The number of aliphatic hydroxyl groups excluding tert-OH is 1. The number of nitrogens with zero attached hydrogens (tertiary/aromatic N) is 1. The monoisotopic (exact) mass is 664 g/mol. The molecule has 8 atom stereocenters. The molecule has 4 rings (SSSR count). The van der Waals surface area contributed by atoms with Crippen molar-refractivity contribution in [3.05, 3.63) is 33.9 Å². The molecule has 14 heteroatoms. The van der Waals surface area contributed by atoms with E-state index < -0.39 is 87.8 Å². The van der Waals surface area contributed by atoms with Crippen molar-refractivity contribution in [1.29, 1.82) is 0 Å².